The third-order valence-corrected chi connectivity index (χ3v) is 3.29. The van der Waals surface area contributed by atoms with E-state index >= 15 is 0 Å². The van der Waals surface area contributed by atoms with Gasteiger partial charge in [-0.15, -0.1) is 0 Å². The van der Waals surface area contributed by atoms with E-state index in [1.54, 1.807) is 56.6 Å². The van der Waals surface area contributed by atoms with E-state index in [0.29, 0.717) is 22.6 Å². The van der Waals surface area contributed by atoms with Crippen molar-refractivity contribution >= 4 is 17.5 Å². The lowest BCUT2D eigenvalue weighted by atomic mass is 10.1. The van der Waals surface area contributed by atoms with Crippen molar-refractivity contribution in [1.82, 2.24) is 4.90 Å². The first-order valence-corrected chi connectivity index (χ1v) is 7.77. The molecule has 0 bridgehead atoms. The van der Waals surface area contributed by atoms with Crippen LogP contribution in [-0.2, 0) is 0 Å². The molecule has 5 heteroatoms. The van der Waals surface area contributed by atoms with Crippen molar-refractivity contribution in [3.8, 4) is 5.75 Å². The van der Waals surface area contributed by atoms with Crippen LogP contribution in [0.15, 0.2) is 48.5 Å². The third kappa shape index (κ3) is 4.35. The number of hydrogen-bond acceptors (Lipinski definition) is 3. The van der Waals surface area contributed by atoms with Gasteiger partial charge in [0.1, 0.15) is 5.75 Å². The highest BCUT2D eigenvalue weighted by Crippen LogP contribution is 2.21. The SMILES string of the molecule is CC(C)Oc1ccccc1C(=O)Nc1ccc(C(=O)N(C)C)cc1. The molecule has 0 spiro atoms. The summed E-state index contributed by atoms with van der Waals surface area (Å²) in [4.78, 5) is 25.9. The number of benzene rings is 2. The van der Waals surface area contributed by atoms with E-state index in [0.717, 1.165) is 0 Å². The van der Waals surface area contributed by atoms with Crippen molar-refractivity contribution in [2.45, 2.75) is 20.0 Å². The number of ether oxygens (including phenoxy) is 1. The molecule has 5 nitrogen and oxygen atoms in total. The molecule has 0 saturated carbocycles. The summed E-state index contributed by atoms with van der Waals surface area (Å²) in [5, 5.41) is 2.82. The summed E-state index contributed by atoms with van der Waals surface area (Å²) in [5.74, 6) is 0.214. The molecule has 0 aliphatic rings. The molecule has 2 amide bonds. The number of nitrogens with zero attached hydrogens (tertiary/aromatic N) is 1. The molecule has 0 heterocycles. The second-order valence-electron chi connectivity index (χ2n) is 5.89. The van der Waals surface area contributed by atoms with Crippen LogP contribution in [0.4, 0.5) is 5.69 Å². The highest BCUT2D eigenvalue weighted by Gasteiger charge is 2.14. The fraction of sp³-hybridized carbons (Fsp3) is 0.263. The van der Waals surface area contributed by atoms with Crippen LogP contribution in [0.2, 0.25) is 0 Å². The number of amides is 2. The van der Waals surface area contributed by atoms with Gasteiger partial charge in [-0.25, -0.2) is 0 Å². The van der Waals surface area contributed by atoms with E-state index in [-0.39, 0.29) is 17.9 Å². The van der Waals surface area contributed by atoms with Crippen LogP contribution in [0.5, 0.6) is 5.75 Å². The van der Waals surface area contributed by atoms with Crippen LogP contribution < -0.4 is 10.1 Å². The van der Waals surface area contributed by atoms with Crippen LogP contribution in [-0.4, -0.2) is 36.9 Å². The summed E-state index contributed by atoms with van der Waals surface area (Å²) < 4.78 is 5.67. The molecule has 0 aromatic heterocycles. The molecule has 0 fully saturated rings. The van der Waals surface area contributed by atoms with Crippen molar-refractivity contribution < 1.29 is 14.3 Å². The Morgan fingerprint density at radius 2 is 1.62 bits per heavy atom. The first-order chi connectivity index (χ1) is 11.4. The molecule has 2 aromatic carbocycles. The Balaban J connectivity index is 2.14. The van der Waals surface area contributed by atoms with Crippen LogP contribution in [0, 0.1) is 0 Å². The molecular weight excluding hydrogens is 304 g/mol. The summed E-state index contributed by atoms with van der Waals surface area (Å²) in [7, 11) is 3.40. The summed E-state index contributed by atoms with van der Waals surface area (Å²) in [6.07, 6.45) is -0.0183. The minimum absolute atomic E-state index is 0.0183. The molecule has 2 aromatic rings. The molecule has 0 unspecified atom stereocenters. The molecule has 0 radical (unpaired) electrons. The van der Waals surface area contributed by atoms with E-state index in [1.165, 1.54) is 4.90 Å². The van der Waals surface area contributed by atoms with Crippen LogP contribution in [0.1, 0.15) is 34.6 Å². The summed E-state index contributed by atoms with van der Waals surface area (Å²) in [6, 6.07) is 13.9. The van der Waals surface area contributed by atoms with E-state index in [1.807, 2.05) is 19.9 Å². The number of carbonyl (C=O) groups excluding carboxylic acids is 2. The fourth-order valence-electron chi connectivity index (χ4n) is 2.16. The Morgan fingerprint density at radius 1 is 1.00 bits per heavy atom. The van der Waals surface area contributed by atoms with Crippen LogP contribution >= 0.6 is 0 Å². The zero-order chi connectivity index (χ0) is 17.7. The molecule has 24 heavy (non-hydrogen) atoms. The molecule has 126 valence electrons. The fourth-order valence-corrected chi connectivity index (χ4v) is 2.16. The second kappa shape index (κ2) is 7.64. The van der Waals surface area contributed by atoms with Crippen molar-refractivity contribution in [1.29, 1.82) is 0 Å². The predicted molar refractivity (Wildman–Crippen MR) is 94.6 cm³/mol. The van der Waals surface area contributed by atoms with Gasteiger partial charge in [-0.3, -0.25) is 9.59 Å². The average Bonchev–Trinajstić information content (AvgIpc) is 2.54. The Hall–Kier alpha value is -2.82. The summed E-state index contributed by atoms with van der Waals surface area (Å²) in [6.45, 7) is 3.82. The predicted octanol–water partition coefficient (Wildman–Crippen LogP) is 3.43. The normalized spacial score (nSPS) is 10.4. The lowest BCUT2D eigenvalue weighted by molar-refractivity contribution is 0.0827. The molecule has 2 rings (SSSR count). The van der Waals surface area contributed by atoms with Crippen molar-refractivity contribution in [3.05, 3.63) is 59.7 Å². The van der Waals surface area contributed by atoms with Gasteiger partial charge in [0.15, 0.2) is 0 Å². The van der Waals surface area contributed by atoms with Gasteiger partial charge in [-0.05, 0) is 50.2 Å². The zero-order valence-corrected chi connectivity index (χ0v) is 14.4. The van der Waals surface area contributed by atoms with E-state index < -0.39 is 0 Å². The number of carbonyl (C=O) groups is 2. The molecule has 0 atom stereocenters. The van der Waals surface area contributed by atoms with Gasteiger partial charge in [0, 0.05) is 25.3 Å². The smallest absolute Gasteiger partial charge is 0.259 e. The standard InChI is InChI=1S/C19H22N2O3/c1-13(2)24-17-8-6-5-7-16(17)18(22)20-15-11-9-14(10-12-15)19(23)21(3)4/h5-13H,1-4H3,(H,20,22). The van der Waals surface area contributed by atoms with Gasteiger partial charge in [-0.2, -0.15) is 0 Å². The zero-order valence-electron chi connectivity index (χ0n) is 14.4. The van der Waals surface area contributed by atoms with Gasteiger partial charge < -0.3 is 15.0 Å². The number of nitrogens with one attached hydrogen (secondary N) is 1. The van der Waals surface area contributed by atoms with Crippen molar-refractivity contribution in [2.24, 2.45) is 0 Å². The minimum atomic E-state index is -0.252. The highest BCUT2D eigenvalue weighted by molar-refractivity contribution is 6.06. The summed E-state index contributed by atoms with van der Waals surface area (Å²) in [5.41, 5.74) is 1.66. The number of hydrogen-bond donors (Lipinski definition) is 1. The molecular formula is C19H22N2O3. The average molecular weight is 326 g/mol. The van der Waals surface area contributed by atoms with Crippen molar-refractivity contribution in [3.63, 3.8) is 0 Å². The van der Waals surface area contributed by atoms with Gasteiger partial charge in [-0.1, -0.05) is 12.1 Å². The molecule has 0 saturated heterocycles. The maximum Gasteiger partial charge on any atom is 0.259 e. The lowest BCUT2D eigenvalue weighted by Gasteiger charge is -2.14. The Labute approximate surface area is 142 Å². The molecule has 0 aliphatic heterocycles. The first kappa shape index (κ1) is 17.5. The molecule has 0 aliphatic carbocycles. The van der Waals surface area contributed by atoms with Gasteiger partial charge in [0.2, 0.25) is 0 Å². The van der Waals surface area contributed by atoms with Crippen LogP contribution in [0.3, 0.4) is 0 Å². The van der Waals surface area contributed by atoms with Gasteiger partial charge in [0.05, 0.1) is 11.7 Å². The number of para-hydroxylation sites is 1. The Bertz CT molecular complexity index is 722. The van der Waals surface area contributed by atoms with E-state index in [2.05, 4.69) is 5.32 Å². The van der Waals surface area contributed by atoms with E-state index in [9.17, 15) is 9.59 Å². The van der Waals surface area contributed by atoms with Gasteiger partial charge in [0.25, 0.3) is 11.8 Å². The van der Waals surface area contributed by atoms with E-state index in [4.69, 9.17) is 4.74 Å². The minimum Gasteiger partial charge on any atom is -0.490 e. The quantitative estimate of drug-likeness (QED) is 0.916. The molecule has 1 N–H and O–H groups in total. The number of anilines is 1. The Kier molecular flexibility index (Phi) is 5.58. The monoisotopic (exact) mass is 326 g/mol. The topological polar surface area (TPSA) is 58.6 Å². The maximum atomic E-state index is 12.5. The van der Waals surface area contributed by atoms with Gasteiger partial charge >= 0.3 is 0 Å². The van der Waals surface area contributed by atoms with Crippen molar-refractivity contribution in [2.75, 3.05) is 19.4 Å². The number of rotatable bonds is 5. The first-order valence-electron chi connectivity index (χ1n) is 7.77. The third-order valence-electron chi connectivity index (χ3n) is 3.29. The van der Waals surface area contributed by atoms with Crippen LogP contribution in [0.25, 0.3) is 0 Å². The highest BCUT2D eigenvalue weighted by atomic mass is 16.5. The summed E-state index contributed by atoms with van der Waals surface area (Å²) >= 11 is 0. The largest absolute Gasteiger partial charge is 0.490 e. The lowest BCUT2D eigenvalue weighted by Crippen LogP contribution is -2.21. The Morgan fingerprint density at radius 3 is 2.21 bits per heavy atom. The second-order valence-corrected chi connectivity index (χ2v) is 5.89. The maximum absolute atomic E-state index is 12.5.